The van der Waals surface area contributed by atoms with E-state index < -0.39 is 11.7 Å². The van der Waals surface area contributed by atoms with Gasteiger partial charge in [0.25, 0.3) is 0 Å². The van der Waals surface area contributed by atoms with Gasteiger partial charge < -0.3 is 20.3 Å². The zero-order chi connectivity index (χ0) is 21.2. The molecule has 1 aliphatic carbocycles. The number of hydrogen-bond donors (Lipinski definition) is 3. The highest BCUT2D eigenvalue weighted by Crippen LogP contribution is 2.27. The van der Waals surface area contributed by atoms with Crippen LogP contribution in [0.2, 0.25) is 0 Å². The van der Waals surface area contributed by atoms with Gasteiger partial charge in [0.15, 0.2) is 0 Å². The van der Waals surface area contributed by atoms with Gasteiger partial charge in [-0.2, -0.15) is 0 Å². The normalized spacial score (nSPS) is 17.1. The predicted octanol–water partition coefficient (Wildman–Crippen LogP) is 3.34. The maximum Gasteiger partial charge on any atom is 0.119 e. The Bertz CT molecular complexity index is 730. The molecule has 0 aliphatic heterocycles. The van der Waals surface area contributed by atoms with Crippen LogP contribution in [-0.4, -0.2) is 53.6 Å². The summed E-state index contributed by atoms with van der Waals surface area (Å²) in [5, 5.41) is 24.2. The fraction of sp³-hybridized carbons (Fsp3) is 0.520. The summed E-state index contributed by atoms with van der Waals surface area (Å²) in [4.78, 5) is 2.10. The van der Waals surface area contributed by atoms with Crippen LogP contribution >= 0.6 is 0 Å². The molecule has 0 aromatic heterocycles. The first-order valence-corrected chi connectivity index (χ1v) is 11.1. The Balaban J connectivity index is 1.34. The first kappa shape index (κ1) is 22.8. The van der Waals surface area contributed by atoms with Crippen LogP contribution in [0.1, 0.15) is 43.2 Å². The lowest BCUT2D eigenvalue weighted by Gasteiger charge is -2.32. The predicted molar refractivity (Wildman–Crippen MR) is 120 cm³/mol. The van der Waals surface area contributed by atoms with Gasteiger partial charge in [-0.15, -0.1) is 0 Å². The number of hydrogen-bond acceptors (Lipinski definition) is 5. The van der Waals surface area contributed by atoms with Crippen molar-refractivity contribution in [1.82, 2.24) is 10.2 Å². The molecule has 0 amide bonds. The maximum atomic E-state index is 10.6. The third-order valence-electron chi connectivity index (χ3n) is 5.75. The Morgan fingerprint density at radius 2 is 1.70 bits per heavy atom. The summed E-state index contributed by atoms with van der Waals surface area (Å²) in [6.45, 7) is 3.00. The first-order chi connectivity index (χ1) is 14.5. The molecule has 0 radical (unpaired) electrons. The summed E-state index contributed by atoms with van der Waals surface area (Å²) in [5.41, 5.74) is 1.85. The van der Waals surface area contributed by atoms with Crippen LogP contribution in [0, 0.1) is 0 Å². The van der Waals surface area contributed by atoms with E-state index in [0.29, 0.717) is 13.1 Å². The molecule has 2 aromatic rings. The summed E-state index contributed by atoms with van der Waals surface area (Å²) in [7, 11) is 2.00. The molecule has 0 heterocycles. The van der Waals surface area contributed by atoms with Crippen molar-refractivity contribution in [2.45, 2.75) is 56.9 Å². The molecule has 1 aliphatic rings. The quantitative estimate of drug-likeness (QED) is 0.528. The molecule has 0 unspecified atom stereocenters. The number of likely N-dealkylation sites (N-methyl/N-ethyl adjacent to an activating group) is 1. The van der Waals surface area contributed by atoms with Gasteiger partial charge in [-0.25, -0.2) is 0 Å². The largest absolute Gasteiger partial charge is 0.491 e. The number of rotatable bonds is 11. The SMILES string of the molecule is CN(Cc1ccccc1)C[C@H](O)COc1ccc(CNCC2(O)CCCCC2)cc1. The van der Waals surface area contributed by atoms with E-state index in [2.05, 4.69) is 22.3 Å². The van der Waals surface area contributed by atoms with Crippen molar-refractivity contribution in [3.63, 3.8) is 0 Å². The molecule has 164 valence electrons. The van der Waals surface area contributed by atoms with Crippen LogP contribution in [0.4, 0.5) is 0 Å². The smallest absolute Gasteiger partial charge is 0.119 e. The monoisotopic (exact) mass is 412 g/mol. The minimum atomic E-state index is -0.545. The van der Waals surface area contributed by atoms with Crippen molar-refractivity contribution in [3.05, 3.63) is 65.7 Å². The summed E-state index contributed by atoms with van der Waals surface area (Å²) in [6.07, 6.45) is 4.74. The lowest BCUT2D eigenvalue weighted by Crippen LogP contribution is -2.41. The summed E-state index contributed by atoms with van der Waals surface area (Å²) >= 11 is 0. The molecule has 1 saturated carbocycles. The number of aliphatic hydroxyl groups is 2. The van der Waals surface area contributed by atoms with Crippen molar-refractivity contribution >= 4 is 0 Å². The van der Waals surface area contributed by atoms with E-state index in [1.807, 2.05) is 49.5 Å². The van der Waals surface area contributed by atoms with Crippen LogP contribution in [0.5, 0.6) is 5.75 Å². The molecule has 1 fully saturated rings. The minimum absolute atomic E-state index is 0.268. The van der Waals surface area contributed by atoms with Crippen molar-refractivity contribution in [2.75, 3.05) is 26.7 Å². The Kier molecular flexibility index (Phi) is 8.70. The molecular weight excluding hydrogens is 376 g/mol. The molecule has 30 heavy (non-hydrogen) atoms. The third-order valence-corrected chi connectivity index (χ3v) is 5.75. The van der Waals surface area contributed by atoms with Gasteiger partial charge in [-0.05, 0) is 43.1 Å². The third kappa shape index (κ3) is 7.73. The number of nitrogens with zero attached hydrogens (tertiary/aromatic N) is 1. The number of ether oxygens (including phenoxy) is 1. The van der Waals surface area contributed by atoms with Crippen LogP contribution in [0.25, 0.3) is 0 Å². The molecule has 5 nitrogen and oxygen atoms in total. The van der Waals surface area contributed by atoms with E-state index in [9.17, 15) is 10.2 Å². The Labute approximate surface area is 180 Å². The van der Waals surface area contributed by atoms with Crippen LogP contribution in [0.15, 0.2) is 54.6 Å². The zero-order valence-corrected chi connectivity index (χ0v) is 18.1. The van der Waals surface area contributed by atoms with Crippen molar-refractivity contribution < 1.29 is 14.9 Å². The van der Waals surface area contributed by atoms with Gasteiger partial charge in [0.1, 0.15) is 18.5 Å². The van der Waals surface area contributed by atoms with Gasteiger partial charge in [0.05, 0.1) is 5.60 Å². The molecule has 0 saturated heterocycles. The van der Waals surface area contributed by atoms with Gasteiger partial charge >= 0.3 is 0 Å². The van der Waals surface area contributed by atoms with E-state index in [4.69, 9.17) is 4.74 Å². The topological polar surface area (TPSA) is 65.0 Å². The average Bonchev–Trinajstić information content (AvgIpc) is 2.74. The van der Waals surface area contributed by atoms with E-state index in [0.717, 1.165) is 50.1 Å². The van der Waals surface area contributed by atoms with Crippen molar-refractivity contribution in [1.29, 1.82) is 0 Å². The highest BCUT2D eigenvalue weighted by molar-refractivity contribution is 5.27. The highest BCUT2D eigenvalue weighted by atomic mass is 16.5. The second-order valence-corrected chi connectivity index (χ2v) is 8.68. The molecule has 3 rings (SSSR count). The Morgan fingerprint density at radius 1 is 1.00 bits per heavy atom. The van der Waals surface area contributed by atoms with Crippen LogP contribution in [-0.2, 0) is 13.1 Å². The Morgan fingerprint density at radius 3 is 2.40 bits per heavy atom. The number of aliphatic hydroxyl groups excluding tert-OH is 1. The molecule has 1 atom stereocenters. The molecule has 0 spiro atoms. The Hall–Kier alpha value is -1.92. The first-order valence-electron chi connectivity index (χ1n) is 11.1. The standard InChI is InChI=1S/C25H36N2O3/c1-27(17-22-8-4-2-5-9-22)18-23(28)19-30-24-12-10-21(11-13-24)16-26-20-25(29)14-6-3-7-15-25/h2,4-5,8-13,23,26,28-29H,3,6-7,14-20H2,1H3/t23-/m0/s1. The molecule has 3 N–H and O–H groups in total. The molecule has 5 heteroatoms. The fourth-order valence-corrected chi connectivity index (χ4v) is 4.09. The van der Waals surface area contributed by atoms with Gasteiger partial charge in [-0.3, -0.25) is 4.90 Å². The fourth-order valence-electron chi connectivity index (χ4n) is 4.09. The summed E-state index contributed by atoms with van der Waals surface area (Å²) in [6, 6.07) is 18.2. The van der Waals surface area contributed by atoms with Crippen LogP contribution in [0.3, 0.4) is 0 Å². The average molecular weight is 413 g/mol. The van der Waals surface area contributed by atoms with E-state index in [1.54, 1.807) is 0 Å². The lowest BCUT2D eigenvalue weighted by atomic mass is 9.85. The number of nitrogens with one attached hydrogen (secondary N) is 1. The maximum absolute atomic E-state index is 10.6. The van der Waals surface area contributed by atoms with Gasteiger partial charge in [-0.1, -0.05) is 61.7 Å². The van der Waals surface area contributed by atoms with Crippen molar-refractivity contribution in [3.8, 4) is 5.75 Å². The van der Waals surface area contributed by atoms with Crippen LogP contribution < -0.4 is 10.1 Å². The lowest BCUT2D eigenvalue weighted by molar-refractivity contribution is 0.00467. The van der Waals surface area contributed by atoms with E-state index in [-0.39, 0.29) is 6.61 Å². The van der Waals surface area contributed by atoms with E-state index in [1.165, 1.54) is 12.0 Å². The summed E-state index contributed by atoms with van der Waals surface area (Å²) in [5.74, 6) is 0.759. The highest BCUT2D eigenvalue weighted by Gasteiger charge is 2.28. The molecule has 2 aromatic carbocycles. The summed E-state index contributed by atoms with van der Waals surface area (Å²) < 4.78 is 5.75. The van der Waals surface area contributed by atoms with E-state index >= 15 is 0 Å². The minimum Gasteiger partial charge on any atom is -0.491 e. The zero-order valence-electron chi connectivity index (χ0n) is 18.1. The van der Waals surface area contributed by atoms with Gasteiger partial charge in [0, 0.05) is 26.2 Å². The van der Waals surface area contributed by atoms with Gasteiger partial charge in [0.2, 0.25) is 0 Å². The van der Waals surface area contributed by atoms with Crippen molar-refractivity contribution in [2.24, 2.45) is 0 Å². The number of benzene rings is 2. The second kappa shape index (κ2) is 11.5. The molecule has 0 bridgehead atoms. The second-order valence-electron chi connectivity index (χ2n) is 8.68. The molecular formula is C25H36N2O3.